The first kappa shape index (κ1) is 15.4. The predicted octanol–water partition coefficient (Wildman–Crippen LogP) is 2.24. The van der Waals surface area contributed by atoms with E-state index < -0.39 is 5.54 Å². The van der Waals surface area contributed by atoms with Gasteiger partial charge in [-0.1, -0.05) is 6.92 Å². The van der Waals surface area contributed by atoms with Crippen LogP contribution in [0.3, 0.4) is 0 Å². The van der Waals surface area contributed by atoms with Crippen molar-refractivity contribution >= 4 is 0 Å². The molecule has 0 amide bonds. The summed E-state index contributed by atoms with van der Waals surface area (Å²) in [7, 11) is 0. The highest BCUT2D eigenvalue weighted by molar-refractivity contribution is 5.04. The molecule has 0 saturated carbocycles. The second-order valence-corrected chi connectivity index (χ2v) is 5.31. The molecule has 1 rings (SSSR count). The first-order chi connectivity index (χ1) is 8.59. The lowest BCUT2D eigenvalue weighted by Gasteiger charge is -2.28. The van der Waals surface area contributed by atoms with Crippen LogP contribution in [0.2, 0.25) is 0 Å². The van der Waals surface area contributed by atoms with Gasteiger partial charge in [0.05, 0.1) is 24.9 Å². The number of hydrogen-bond donors (Lipinski definition) is 1. The highest BCUT2D eigenvalue weighted by atomic mass is 16.5. The Morgan fingerprint density at radius 3 is 2.89 bits per heavy atom. The number of nitriles is 1. The fourth-order valence-electron chi connectivity index (χ4n) is 2.39. The third kappa shape index (κ3) is 5.34. The maximum atomic E-state index is 9.19. The summed E-state index contributed by atoms with van der Waals surface area (Å²) in [6.07, 6.45) is 4.50. The average molecular weight is 254 g/mol. The van der Waals surface area contributed by atoms with Crippen molar-refractivity contribution in [3.63, 3.8) is 0 Å². The Bertz CT molecular complexity index is 271. The van der Waals surface area contributed by atoms with Crippen LogP contribution in [0.4, 0.5) is 0 Å². The van der Waals surface area contributed by atoms with Crippen LogP contribution in [-0.2, 0) is 9.47 Å². The van der Waals surface area contributed by atoms with Crippen LogP contribution >= 0.6 is 0 Å². The van der Waals surface area contributed by atoms with E-state index in [1.165, 1.54) is 12.8 Å². The van der Waals surface area contributed by atoms with Gasteiger partial charge in [0.1, 0.15) is 5.54 Å². The molecule has 1 heterocycles. The monoisotopic (exact) mass is 254 g/mol. The zero-order valence-electron chi connectivity index (χ0n) is 11.9. The lowest BCUT2D eigenvalue weighted by atomic mass is 9.96. The molecule has 0 bridgehead atoms. The second-order valence-electron chi connectivity index (χ2n) is 5.31. The number of rotatable bonds is 7. The van der Waals surface area contributed by atoms with Gasteiger partial charge in [-0.15, -0.1) is 0 Å². The highest BCUT2D eigenvalue weighted by Gasteiger charge is 2.26. The fourth-order valence-corrected chi connectivity index (χ4v) is 2.39. The largest absolute Gasteiger partial charge is 0.376 e. The summed E-state index contributed by atoms with van der Waals surface area (Å²) >= 11 is 0. The number of ether oxygens (including phenoxy) is 2. The van der Waals surface area contributed by atoms with Crippen LogP contribution < -0.4 is 5.32 Å². The normalized spacial score (nSPS) is 25.1. The van der Waals surface area contributed by atoms with Crippen LogP contribution in [0, 0.1) is 11.3 Å². The Kier molecular flexibility index (Phi) is 6.62. The molecule has 0 aromatic carbocycles. The van der Waals surface area contributed by atoms with Crippen LogP contribution in [0.15, 0.2) is 0 Å². The van der Waals surface area contributed by atoms with E-state index >= 15 is 0 Å². The fraction of sp³-hybridized carbons (Fsp3) is 0.929. The summed E-state index contributed by atoms with van der Waals surface area (Å²) in [5.74, 6) is 0. The van der Waals surface area contributed by atoms with Gasteiger partial charge in [-0.05, 0) is 39.7 Å². The molecule has 3 atom stereocenters. The van der Waals surface area contributed by atoms with Gasteiger partial charge in [0.25, 0.3) is 0 Å². The number of nitrogens with zero attached hydrogens (tertiary/aromatic N) is 1. The molecule has 4 heteroatoms. The van der Waals surface area contributed by atoms with Gasteiger partial charge in [-0.3, -0.25) is 5.32 Å². The maximum absolute atomic E-state index is 9.19. The molecule has 104 valence electrons. The van der Waals surface area contributed by atoms with E-state index in [1.54, 1.807) is 0 Å². The molecule has 1 aliphatic rings. The molecule has 0 aromatic heterocycles. The summed E-state index contributed by atoms with van der Waals surface area (Å²) in [4.78, 5) is 0. The second kappa shape index (κ2) is 7.73. The molecule has 3 unspecified atom stereocenters. The molecule has 0 spiro atoms. The minimum atomic E-state index is -0.498. The summed E-state index contributed by atoms with van der Waals surface area (Å²) in [6, 6.07) is 2.33. The van der Waals surface area contributed by atoms with Crippen LogP contribution in [0.1, 0.15) is 46.5 Å². The SMILES string of the molecule is CCNC(C)(C#N)CC(C)OCC1CCCCO1. The van der Waals surface area contributed by atoms with E-state index in [0.717, 1.165) is 19.6 Å². The molecule has 1 N–H and O–H groups in total. The third-order valence-electron chi connectivity index (χ3n) is 3.35. The van der Waals surface area contributed by atoms with Crippen molar-refractivity contribution < 1.29 is 9.47 Å². The summed E-state index contributed by atoms with van der Waals surface area (Å²) in [6.45, 7) is 8.26. The van der Waals surface area contributed by atoms with Crippen molar-refractivity contribution in [1.29, 1.82) is 5.26 Å². The predicted molar refractivity (Wildman–Crippen MR) is 71.3 cm³/mol. The topological polar surface area (TPSA) is 54.3 Å². The van der Waals surface area contributed by atoms with Gasteiger partial charge in [-0.2, -0.15) is 5.26 Å². The Morgan fingerprint density at radius 1 is 1.56 bits per heavy atom. The molecule has 1 fully saturated rings. The van der Waals surface area contributed by atoms with Crippen molar-refractivity contribution in [1.82, 2.24) is 5.32 Å². The molecule has 0 aliphatic carbocycles. The first-order valence-corrected chi connectivity index (χ1v) is 6.99. The first-order valence-electron chi connectivity index (χ1n) is 6.99. The molecule has 1 aliphatic heterocycles. The van der Waals surface area contributed by atoms with E-state index in [2.05, 4.69) is 11.4 Å². The van der Waals surface area contributed by atoms with Gasteiger partial charge < -0.3 is 9.47 Å². The standard InChI is InChI=1S/C14H26N2O2/c1-4-16-14(3,11-15)9-12(2)18-10-13-7-5-6-8-17-13/h12-13,16H,4-10H2,1-3H3. The van der Waals surface area contributed by atoms with E-state index in [4.69, 9.17) is 9.47 Å². The molecule has 4 nitrogen and oxygen atoms in total. The average Bonchev–Trinajstić information content (AvgIpc) is 2.38. The molecule has 1 saturated heterocycles. The quantitative estimate of drug-likeness (QED) is 0.757. The number of nitrogens with one attached hydrogen (secondary N) is 1. The van der Waals surface area contributed by atoms with Crippen molar-refractivity contribution in [2.45, 2.75) is 64.2 Å². The molecule has 0 radical (unpaired) electrons. The molecule has 0 aromatic rings. The Balaban J connectivity index is 2.27. The molecular formula is C14H26N2O2. The summed E-state index contributed by atoms with van der Waals surface area (Å²) < 4.78 is 11.4. The van der Waals surface area contributed by atoms with E-state index in [1.807, 2.05) is 20.8 Å². The maximum Gasteiger partial charge on any atom is 0.106 e. The zero-order valence-corrected chi connectivity index (χ0v) is 11.9. The van der Waals surface area contributed by atoms with Gasteiger partial charge in [0, 0.05) is 13.0 Å². The minimum Gasteiger partial charge on any atom is -0.376 e. The van der Waals surface area contributed by atoms with E-state index in [0.29, 0.717) is 13.0 Å². The lowest BCUT2D eigenvalue weighted by Crippen LogP contribution is -2.44. The van der Waals surface area contributed by atoms with E-state index in [-0.39, 0.29) is 12.2 Å². The van der Waals surface area contributed by atoms with Gasteiger partial charge >= 0.3 is 0 Å². The summed E-state index contributed by atoms with van der Waals surface area (Å²) in [5, 5.41) is 12.4. The van der Waals surface area contributed by atoms with Crippen molar-refractivity contribution in [3.05, 3.63) is 0 Å². The Morgan fingerprint density at radius 2 is 2.33 bits per heavy atom. The Hall–Kier alpha value is -0.630. The molecular weight excluding hydrogens is 228 g/mol. The van der Waals surface area contributed by atoms with Crippen molar-refractivity contribution in [3.8, 4) is 6.07 Å². The number of hydrogen-bond acceptors (Lipinski definition) is 4. The van der Waals surface area contributed by atoms with Crippen LogP contribution in [0.5, 0.6) is 0 Å². The Labute approximate surface area is 111 Å². The van der Waals surface area contributed by atoms with Gasteiger partial charge in [0.2, 0.25) is 0 Å². The smallest absolute Gasteiger partial charge is 0.106 e. The zero-order chi connectivity index (χ0) is 13.4. The lowest BCUT2D eigenvalue weighted by molar-refractivity contribution is -0.0631. The minimum absolute atomic E-state index is 0.0687. The van der Waals surface area contributed by atoms with E-state index in [9.17, 15) is 5.26 Å². The van der Waals surface area contributed by atoms with Gasteiger partial charge in [0.15, 0.2) is 0 Å². The van der Waals surface area contributed by atoms with Crippen LogP contribution in [0.25, 0.3) is 0 Å². The summed E-state index contributed by atoms with van der Waals surface area (Å²) in [5.41, 5.74) is -0.498. The van der Waals surface area contributed by atoms with Crippen molar-refractivity contribution in [2.75, 3.05) is 19.8 Å². The third-order valence-corrected chi connectivity index (χ3v) is 3.35. The molecule has 18 heavy (non-hydrogen) atoms. The highest BCUT2D eigenvalue weighted by Crippen LogP contribution is 2.17. The van der Waals surface area contributed by atoms with Crippen LogP contribution in [-0.4, -0.2) is 37.5 Å². The van der Waals surface area contributed by atoms with Gasteiger partial charge in [-0.25, -0.2) is 0 Å². The van der Waals surface area contributed by atoms with Crippen molar-refractivity contribution in [2.24, 2.45) is 0 Å².